The number of hydrogen-bond acceptors (Lipinski definition) is 3. The molecule has 1 N–H and O–H groups in total. The molecule has 2 heterocycles. The Balaban J connectivity index is 1.58. The van der Waals surface area contributed by atoms with E-state index in [-0.39, 0.29) is 0 Å². The molecule has 2 fully saturated rings. The largest absolute Gasteiger partial charge is 0.378 e. The van der Waals surface area contributed by atoms with Crippen molar-refractivity contribution in [2.75, 3.05) is 32.8 Å². The highest BCUT2D eigenvalue weighted by Crippen LogP contribution is 2.17. The summed E-state index contributed by atoms with van der Waals surface area (Å²) < 4.78 is 5.78. The van der Waals surface area contributed by atoms with Crippen LogP contribution in [0.3, 0.4) is 0 Å². The third-order valence-corrected chi connectivity index (χ3v) is 4.04. The maximum absolute atomic E-state index is 5.78. The van der Waals surface area contributed by atoms with Crippen LogP contribution >= 0.6 is 0 Å². The van der Waals surface area contributed by atoms with Gasteiger partial charge >= 0.3 is 0 Å². The van der Waals surface area contributed by atoms with E-state index < -0.39 is 0 Å². The molecule has 0 spiro atoms. The van der Waals surface area contributed by atoms with Gasteiger partial charge in [-0.05, 0) is 45.2 Å². The van der Waals surface area contributed by atoms with Crippen molar-refractivity contribution in [2.45, 2.75) is 57.6 Å². The summed E-state index contributed by atoms with van der Waals surface area (Å²) in [6, 6.07) is 0.697. The molecule has 0 aliphatic carbocycles. The van der Waals surface area contributed by atoms with Gasteiger partial charge < -0.3 is 15.0 Å². The summed E-state index contributed by atoms with van der Waals surface area (Å²) in [5.41, 5.74) is 0. The Kier molecular flexibility index (Phi) is 5.75. The van der Waals surface area contributed by atoms with Gasteiger partial charge in [0.15, 0.2) is 0 Å². The first-order valence-electron chi connectivity index (χ1n) is 7.46. The molecule has 0 aromatic heterocycles. The van der Waals surface area contributed by atoms with Crippen LogP contribution in [0, 0.1) is 0 Å². The van der Waals surface area contributed by atoms with Crippen molar-refractivity contribution in [2.24, 2.45) is 0 Å². The molecule has 0 aromatic carbocycles. The van der Waals surface area contributed by atoms with Crippen molar-refractivity contribution >= 4 is 0 Å². The molecular weight excluding hydrogens is 212 g/mol. The molecule has 0 radical (unpaired) electrons. The van der Waals surface area contributed by atoms with Crippen molar-refractivity contribution in [3.63, 3.8) is 0 Å². The number of nitrogens with zero attached hydrogens (tertiary/aromatic N) is 1. The van der Waals surface area contributed by atoms with Gasteiger partial charge in [0.1, 0.15) is 0 Å². The van der Waals surface area contributed by atoms with Gasteiger partial charge in [-0.3, -0.25) is 0 Å². The fourth-order valence-electron chi connectivity index (χ4n) is 3.02. The lowest BCUT2D eigenvalue weighted by Crippen LogP contribution is -2.42. The monoisotopic (exact) mass is 240 g/mol. The van der Waals surface area contributed by atoms with Crippen LogP contribution in [0.25, 0.3) is 0 Å². The normalized spacial score (nSPS) is 30.9. The molecule has 0 amide bonds. The summed E-state index contributed by atoms with van der Waals surface area (Å²) in [5.74, 6) is 0. The van der Waals surface area contributed by atoms with Gasteiger partial charge in [-0.2, -0.15) is 0 Å². The maximum Gasteiger partial charge on any atom is 0.0589 e. The molecule has 2 unspecified atom stereocenters. The summed E-state index contributed by atoms with van der Waals surface area (Å²) in [6.07, 6.45) is 8.19. The summed E-state index contributed by atoms with van der Waals surface area (Å²) in [6.45, 7) is 8.21. The van der Waals surface area contributed by atoms with E-state index in [2.05, 4.69) is 17.1 Å². The number of rotatable bonds is 6. The quantitative estimate of drug-likeness (QED) is 0.769. The second-order valence-corrected chi connectivity index (χ2v) is 5.51. The van der Waals surface area contributed by atoms with Crippen LogP contribution in [0.5, 0.6) is 0 Å². The van der Waals surface area contributed by atoms with Crippen LogP contribution in [-0.2, 0) is 4.74 Å². The molecule has 3 heteroatoms. The zero-order valence-corrected chi connectivity index (χ0v) is 11.3. The van der Waals surface area contributed by atoms with E-state index in [1.807, 2.05) is 0 Å². The Morgan fingerprint density at radius 1 is 1.29 bits per heavy atom. The average molecular weight is 240 g/mol. The SMILES string of the molecule is CCCC1CC(NCCN2CCCC2)CCO1. The Morgan fingerprint density at radius 3 is 2.88 bits per heavy atom. The third kappa shape index (κ3) is 4.57. The van der Waals surface area contributed by atoms with Crippen molar-refractivity contribution in [1.82, 2.24) is 10.2 Å². The number of hydrogen-bond donors (Lipinski definition) is 1. The van der Waals surface area contributed by atoms with Gasteiger partial charge in [-0.15, -0.1) is 0 Å². The maximum atomic E-state index is 5.78. The summed E-state index contributed by atoms with van der Waals surface area (Å²) in [4.78, 5) is 2.58. The van der Waals surface area contributed by atoms with E-state index in [1.54, 1.807) is 0 Å². The predicted octanol–water partition coefficient (Wildman–Crippen LogP) is 2.02. The molecule has 100 valence electrons. The lowest BCUT2D eigenvalue weighted by Gasteiger charge is -2.30. The molecule has 3 nitrogen and oxygen atoms in total. The Labute approximate surface area is 106 Å². The minimum atomic E-state index is 0.512. The number of ether oxygens (including phenoxy) is 1. The standard InChI is InChI=1S/C14H28N2O/c1-2-5-14-12-13(6-11-17-14)15-7-10-16-8-3-4-9-16/h13-15H,2-12H2,1H3. The lowest BCUT2D eigenvalue weighted by atomic mass is 10.0. The molecule has 2 aliphatic heterocycles. The van der Waals surface area contributed by atoms with E-state index >= 15 is 0 Å². The highest BCUT2D eigenvalue weighted by molar-refractivity contribution is 4.77. The minimum Gasteiger partial charge on any atom is -0.378 e. The highest BCUT2D eigenvalue weighted by atomic mass is 16.5. The zero-order chi connectivity index (χ0) is 11.9. The van der Waals surface area contributed by atoms with Gasteiger partial charge in [0, 0.05) is 25.7 Å². The predicted molar refractivity (Wildman–Crippen MR) is 71.3 cm³/mol. The summed E-state index contributed by atoms with van der Waals surface area (Å²) in [7, 11) is 0. The van der Waals surface area contributed by atoms with Gasteiger partial charge in [-0.1, -0.05) is 13.3 Å². The third-order valence-electron chi connectivity index (χ3n) is 4.04. The van der Waals surface area contributed by atoms with Gasteiger partial charge in [0.2, 0.25) is 0 Å². The van der Waals surface area contributed by atoms with Crippen LogP contribution < -0.4 is 5.32 Å². The van der Waals surface area contributed by atoms with Crippen molar-refractivity contribution in [3.05, 3.63) is 0 Å². The second kappa shape index (κ2) is 7.34. The Morgan fingerprint density at radius 2 is 2.12 bits per heavy atom. The lowest BCUT2D eigenvalue weighted by molar-refractivity contribution is -0.00331. The molecule has 2 rings (SSSR count). The van der Waals surface area contributed by atoms with Crippen LogP contribution in [0.1, 0.15) is 45.4 Å². The number of likely N-dealkylation sites (tertiary alicyclic amines) is 1. The highest BCUT2D eigenvalue weighted by Gasteiger charge is 2.21. The van der Waals surface area contributed by atoms with Crippen LogP contribution in [-0.4, -0.2) is 49.8 Å². The van der Waals surface area contributed by atoms with Crippen molar-refractivity contribution in [1.29, 1.82) is 0 Å². The second-order valence-electron chi connectivity index (χ2n) is 5.51. The molecular formula is C14H28N2O. The van der Waals surface area contributed by atoms with E-state index in [1.165, 1.54) is 58.2 Å². The van der Waals surface area contributed by atoms with Gasteiger partial charge in [0.05, 0.1) is 6.10 Å². The number of nitrogens with one attached hydrogen (secondary N) is 1. The molecule has 2 atom stereocenters. The molecule has 0 aromatic rings. The van der Waals surface area contributed by atoms with Gasteiger partial charge in [0.25, 0.3) is 0 Å². The molecule has 0 saturated carbocycles. The molecule has 0 bridgehead atoms. The van der Waals surface area contributed by atoms with Crippen molar-refractivity contribution < 1.29 is 4.74 Å². The molecule has 2 saturated heterocycles. The summed E-state index contributed by atoms with van der Waals surface area (Å²) in [5, 5.41) is 3.72. The van der Waals surface area contributed by atoms with Crippen LogP contribution in [0.2, 0.25) is 0 Å². The van der Waals surface area contributed by atoms with E-state index in [0.717, 1.165) is 13.2 Å². The van der Waals surface area contributed by atoms with E-state index in [0.29, 0.717) is 12.1 Å². The zero-order valence-electron chi connectivity index (χ0n) is 11.3. The van der Waals surface area contributed by atoms with E-state index in [9.17, 15) is 0 Å². The van der Waals surface area contributed by atoms with E-state index in [4.69, 9.17) is 4.74 Å². The van der Waals surface area contributed by atoms with Gasteiger partial charge in [-0.25, -0.2) is 0 Å². The average Bonchev–Trinajstić information content (AvgIpc) is 2.83. The summed E-state index contributed by atoms with van der Waals surface area (Å²) >= 11 is 0. The Bertz CT molecular complexity index is 202. The fourth-order valence-corrected chi connectivity index (χ4v) is 3.02. The first kappa shape index (κ1) is 13.3. The fraction of sp³-hybridized carbons (Fsp3) is 1.00. The minimum absolute atomic E-state index is 0.512. The smallest absolute Gasteiger partial charge is 0.0589 e. The first-order chi connectivity index (χ1) is 8.38. The topological polar surface area (TPSA) is 24.5 Å². The van der Waals surface area contributed by atoms with Crippen molar-refractivity contribution in [3.8, 4) is 0 Å². The molecule has 17 heavy (non-hydrogen) atoms. The molecule has 2 aliphatic rings. The first-order valence-corrected chi connectivity index (χ1v) is 7.46. The Hall–Kier alpha value is -0.120. The van der Waals surface area contributed by atoms with Crippen LogP contribution in [0.15, 0.2) is 0 Å². The van der Waals surface area contributed by atoms with Crippen LogP contribution in [0.4, 0.5) is 0 Å².